The van der Waals surface area contributed by atoms with Crippen molar-refractivity contribution in [2.24, 2.45) is 4.99 Å². The Morgan fingerprint density at radius 1 is 0.714 bits per heavy atom. The number of sulfonamides is 1. The second-order valence-electron chi connectivity index (χ2n) is 11.2. The number of carbonyl (C=O) groups is 2. The maximum absolute atomic E-state index is 12.9. The molecule has 0 saturated carbocycles. The van der Waals surface area contributed by atoms with Crippen LogP contribution in [0.5, 0.6) is 5.88 Å². The second-order valence-corrected chi connectivity index (χ2v) is 14.6. The van der Waals surface area contributed by atoms with Gasteiger partial charge in [0.25, 0.3) is 16.0 Å². The van der Waals surface area contributed by atoms with E-state index in [1.165, 1.54) is 0 Å². The van der Waals surface area contributed by atoms with E-state index >= 15 is 0 Å². The van der Waals surface area contributed by atoms with Crippen LogP contribution in [-0.4, -0.2) is 83.6 Å². The molecule has 0 aliphatic carbocycles. The number of aliphatic imine (C=N–C) groups is 1. The molecule has 12 nitrogen and oxygen atoms in total. The van der Waals surface area contributed by atoms with Gasteiger partial charge in [0, 0.05) is 12.1 Å². The normalized spacial score (nSPS) is 16.3. The lowest BCUT2D eigenvalue weighted by Crippen LogP contribution is -2.17. The molecular formula is C35H31N3O9S2. The lowest BCUT2D eigenvalue weighted by atomic mass is 9.97. The number of amides is 1. The molecule has 1 aromatic heterocycles. The molecule has 2 aliphatic rings. The van der Waals surface area contributed by atoms with Crippen LogP contribution in [0.2, 0.25) is 0 Å². The molecule has 0 spiro atoms. The van der Waals surface area contributed by atoms with E-state index in [9.17, 15) is 31.5 Å². The van der Waals surface area contributed by atoms with Gasteiger partial charge in [-0.15, -0.1) is 0 Å². The van der Waals surface area contributed by atoms with E-state index in [2.05, 4.69) is 34.2 Å². The summed E-state index contributed by atoms with van der Waals surface area (Å²) in [6, 6.07) is 35.2. The van der Waals surface area contributed by atoms with E-state index in [1.54, 1.807) is 0 Å². The Morgan fingerprint density at radius 2 is 1.12 bits per heavy atom. The van der Waals surface area contributed by atoms with E-state index < -0.39 is 32.2 Å². The molecule has 3 heterocycles. The zero-order chi connectivity index (χ0) is 35.5. The Balaban J connectivity index is 0.000000260. The van der Waals surface area contributed by atoms with Crippen molar-refractivity contribution in [3.05, 3.63) is 126 Å². The summed E-state index contributed by atoms with van der Waals surface area (Å²) in [5.41, 5.74) is 7.93. The van der Waals surface area contributed by atoms with E-state index in [4.69, 9.17) is 9.66 Å². The van der Waals surface area contributed by atoms with Crippen LogP contribution < -0.4 is 0 Å². The molecule has 49 heavy (non-hydrogen) atoms. The summed E-state index contributed by atoms with van der Waals surface area (Å²) in [4.78, 5) is 30.3. The van der Waals surface area contributed by atoms with Crippen LogP contribution >= 0.6 is 0 Å². The van der Waals surface area contributed by atoms with Crippen molar-refractivity contribution < 1.29 is 41.2 Å². The Kier molecular flexibility index (Phi) is 9.96. The number of rotatable bonds is 6. The Labute approximate surface area is 282 Å². The lowest BCUT2D eigenvalue weighted by Gasteiger charge is -2.05. The van der Waals surface area contributed by atoms with Crippen molar-refractivity contribution in [3.63, 3.8) is 0 Å². The first-order chi connectivity index (χ1) is 23.1. The number of carboxylic acid groups (broad SMARTS) is 1. The highest BCUT2D eigenvalue weighted by molar-refractivity contribution is 7.88. The molecule has 1 saturated heterocycles. The standard InChI is InChI=1S/C30H20N2O2.C4H7NO4S.CH4O3S/c33-29-25-26(28(32-29)24-17-13-22(14-18-24)20-9-5-2-6-10-20)30(34)31-27(25)23-15-11-21(12-16-23)19-7-3-1-4-8-19;1-10(8,9)5-2-3(5)4(6)7;1-5(2,3)4/h1-18,31,34H;3H,2H2,1H3,(H,6,7);1H3,(H,2,3,4). The number of aliphatic carboxylic acids is 1. The maximum Gasteiger partial charge on any atom is 0.323 e. The summed E-state index contributed by atoms with van der Waals surface area (Å²) >= 11 is 0. The number of benzene rings is 4. The molecule has 5 aromatic rings. The van der Waals surface area contributed by atoms with Gasteiger partial charge in [-0.2, -0.15) is 12.7 Å². The molecule has 2 unspecified atom stereocenters. The molecule has 252 valence electrons. The molecule has 0 radical (unpaired) electrons. The fourth-order valence-electron chi connectivity index (χ4n) is 5.17. The van der Waals surface area contributed by atoms with Crippen molar-refractivity contribution in [2.45, 2.75) is 6.04 Å². The van der Waals surface area contributed by atoms with Gasteiger partial charge in [-0.05, 0) is 27.8 Å². The largest absolute Gasteiger partial charge is 0.494 e. The van der Waals surface area contributed by atoms with Gasteiger partial charge in [-0.1, -0.05) is 109 Å². The lowest BCUT2D eigenvalue weighted by molar-refractivity contribution is -0.136. The number of carbonyl (C=O) groups excluding carboxylic acids is 1. The topological polar surface area (TPSA) is 194 Å². The van der Waals surface area contributed by atoms with Gasteiger partial charge >= 0.3 is 5.97 Å². The first-order valence-electron chi connectivity index (χ1n) is 14.6. The van der Waals surface area contributed by atoms with Crippen LogP contribution in [0, 0.1) is 0 Å². The minimum absolute atomic E-state index is 0.0473. The predicted molar refractivity (Wildman–Crippen MR) is 186 cm³/mol. The molecule has 14 heteroatoms. The van der Waals surface area contributed by atoms with Crippen LogP contribution in [0.1, 0.15) is 21.5 Å². The third-order valence-corrected chi connectivity index (χ3v) is 8.72. The molecule has 2 atom stereocenters. The van der Waals surface area contributed by atoms with Gasteiger partial charge in [-0.25, -0.2) is 13.4 Å². The van der Waals surface area contributed by atoms with Gasteiger partial charge in [-0.3, -0.25) is 14.1 Å². The number of nitrogens with one attached hydrogen (secondary N) is 1. The number of H-pyrrole nitrogens is 1. The number of aromatic amines is 1. The van der Waals surface area contributed by atoms with Gasteiger partial charge in [0.05, 0.1) is 35.0 Å². The molecule has 4 N–H and O–H groups in total. The fraction of sp³-hybridized carbons (Fsp3) is 0.114. The predicted octanol–water partition coefficient (Wildman–Crippen LogP) is 4.93. The number of carboxylic acids is 1. The Morgan fingerprint density at radius 3 is 1.51 bits per heavy atom. The molecule has 1 amide bonds. The monoisotopic (exact) mass is 701 g/mol. The van der Waals surface area contributed by atoms with Gasteiger partial charge in [0.15, 0.2) is 5.88 Å². The van der Waals surface area contributed by atoms with E-state index in [0.717, 1.165) is 43.9 Å². The van der Waals surface area contributed by atoms with E-state index in [-0.39, 0.29) is 18.3 Å². The van der Waals surface area contributed by atoms with Crippen molar-refractivity contribution >= 4 is 37.7 Å². The molecule has 0 bridgehead atoms. The smallest absolute Gasteiger partial charge is 0.323 e. The van der Waals surface area contributed by atoms with Crippen molar-refractivity contribution in [3.8, 4) is 39.4 Å². The fourth-order valence-corrected chi connectivity index (χ4v) is 6.14. The summed E-state index contributed by atoms with van der Waals surface area (Å²) in [5.74, 6) is -1.48. The van der Waals surface area contributed by atoms with Crippen LogP contribution in [0.4, 0.5) is 0 Å². The third-order valence-electron chi connectivity index (χ3n) is 7.47. The summed E-state index contributed by atoms with van der Waals surface area (Å²) in [7, 11) is -6.94. The number of aromatic hydroxyl groups is 1. The highest BCUT2D eigenvalue weighted by atomic mass is 32.2. The molecule has 4 aromatic carbocycles. The number of fused-ring (bicyclic) bond motifs is 1. The first-order valence-corrected chi connectivity index (χ1v) is 18.3. The van der Waals surface area contributed by atoms with Crippen molar-refractivity contribution in [1.82, 2.24) is 9.29 Å². The number of hydrogen-bond donors (Lipinski definition) is 4. The van der Waals surface area contributed by atoms with Crippen LogP contribution in [0.25, 0.3) is 33.5 Å². The van der Waals surface area contributed by atoms with Gasteiger partial charge in [0.2, 0.25) is 10.0 Å². The highest BCUT2D eigenvalue weighted by Crippen LogP contribution is 2.38. The van der Waals surface area contributed by atoms with Crippen LogP contribution in [0.15, 0.2) is 114 Å². The molecular weight excluding hydrogens is 671 g/mol. The van der Waals surface area contributed by atoms with Gasteiger partial charge in [0.1, 0.15) is 6.04 Å². The number of aromatic nitrogens is 1. The molecule has 1 fully saturated rings. The zero-order valence-electron chi connectivity index (χ0n) is 26.2. The first kappa shape index (κ1) is 34.9. The minimum atomic E-state index is -3.67. The molecule has 2 aliphatic heterocycles. The SMILES string of the molecule is CS(=O)(=O)N1CC1C(=O)O.CS(=O)(=O)O.O=C1N=C(c2ccc(-c3ccccc3)cc2)c2c(O)[nH]c(-c3ccc(-c4ccccc4)cc3)c21. The Hall–Kier alpha value is -5.41. The summed E-state index contributed by atoms with van der Waals surface area (Å²) in [6.07, 6.45) is 1.71. The average molecular weight is 702 g/mol. The average Bonchev–Trinajstić information content (AvgIpc) is 3.74. The van der Waals surface area contributed by atoms with E-state index in [1.807, 2.05) is 84.9 Å². The highest BCUT2D eigenvalue weighted by Gasteiger charge is 2.47. The van der Waals surface area contributed by atoms with E-state index in [0.29, 0.717) is 28.8 Å². The minimum Gasteiger partial charge on any atom is -0.494 e. The van der Waals surface area contributed by atoms with Gasteiger partial charge < -0.3 is 15.2 Å². The summed E-state index contributed by atoms with van der Waals surface area (Å²) in [5, 5.41) is 19.0. The maximum atomic E-state index is 12.9. The van der Waals surface area contributed by atoms with Crippen LogP contribution in [-0.2, 0) is 24.9 Å². The quantitative estimate of drug-likeness (QED) is 0.140. The second kappa shape index (κ2) is 14.0. The molecule has 7 rings (SSSR count). The summed E-state index contributed by atoms with van der Waals surface area (Å²) in [6.45, 7) is 0.119. The summed E-state index contributed by atoms with van der Waals surface area (Å²) < 4.78 is 47.9. The number of hydrogen-bond acceptors (Lipinski definition) is 7. The third kappa shape index (κ3) is 8.55. The van der Waals surface area contributed by atoms with Crippen molar-refractivity contribution in [1.29, 1.82) is 0 Å². The van der Waals surface area contributed by atoms with Crippen molar-refractivity contribution in [2.75, 3.05) is 19.1 Å². The Bertz CT molecular complexity index is 2240. The number of nitrogens with zero attached hydrogens (tertiary/aromatic N) is 2. The zero-order valence-corrected chi connectivity index (χ0v) is 27.8. The van der Waals surface area contributed by atoms with Crippen LogP contribution in [0.3, 0.4) is 0 Å².